The molecule has 1 saturated carbocycles. The Kier molecular flexibility index (Phi) is 6.36. The van der Waals surface area contributed by atoms with Crippen LogP contribution in [0.2, 0.25) is 0 Å². The second-order valence-corrected chi connectivity index (χ2v) is 5.78. The number of pyridine rings is 1. The predicted octanol–water partition coefficient (Wildman–Crippen LogP) is 0.827. The molecule has 132 valence electrons. The van der Waals surface area contributed by atoms with Crippen molar-refractivity contribution in [3.63, 3.8) is 0 Å². The van der Waals surface area contributed by atoms with E-state index in [0.717, 1.165) is 18.4 Å². The molecule has 1 fully saturated rings. The molecular formula is C16H24N4O4. The van der Waals surface area contributed by atoms with E-state index in [-0.39, 0.29) is 24.7 Å². The summed E-state index contributed by atoms with van der Waals surface area (Å²) in [7, 11) is 1.54. The van der Waals surface area contributed by atoms with Crippen LogP contribution in [0.5, 0.6) is 5.88 Å². The van der Waals surface area contributed by atoms with E-state index in [9.17, 15) is 9.59 Å². The van der Waals surface area contributed by atoms with Gasteiger partial charge in [0.15, 0.2) is 0 Å². The Labute approximate surface area is 141 Å². The van der Waals surface area contributed by atoms with E-state index in [1.54, 1.807) is 12.3 Å². The fourth-order valence-electron chi connectivity index (χ4n) is 2.83. The minimum atomic E-state index is -0.823. The molecule has 0 aliphatic heterocycles. The van der Waals surface area contributed by atoms with Gasteiger partial charge < -0.3 is 20.5 Å². The van der Waals surface area contributed by atoms with Gasteiger partial charge in [-0.25, -0.2) is 9.78 Å². The third-order valence-corrected chi connectivity index (χ3v) is 4.19. The summed E-state index contributed by atoms with van der Waals surface area (Å²) >= 11 is 0. The second-order valence-electron chi connectivity index (χ2n) is 5.78. The fourth-order valence-corrected chi connectivity index (χ4v) is 2.83. The first-order valence-electron chi connectivity index (χ1n) is 8.01. The summed E-state index contributed by atoms with van der Waals surface area (Å²) in [5, 5.41) is 14.6. The molecule has 1 heterocycles. The molecule has 0 atom stereocenters. The SMILES string of the molecule is CCN(CC(=O)O)C1CC(NC(=O)NCc2cccnc2OC)C1. The second kappa shape index (κ2) is 8.49. The normalized spacial score (nSPS) is 19.5. The topological polar surface area (TPSA) is 104 Å². The van der Waals surface area contributed by atoms with Gasteiger partial charge in [0.25, 0.3) is 0 Å². The summed E-state index contributed by atoms with van der Waals surface area (Å²) in [5.74, 6) is -0.329. The lowest BCUT2D eigenvalue weighted by molar-refractivity contribution is -0.139. The lowest BCUT2D eigenvalue weighted by atomic mass is 9.85. The lowest BCUT2D eigenvalue weighted by Crippen LogP contribution is -2.56. The molecule has 0 radical (unpaired) electrons. The van der Waals surface area contributed by atoms with Crippen molar-refractivity contribution in [2.75, 3.05) is 20.2 Å². The summed E-state index contributed by atoms with van der Waals surface area (Å²) in [6.45, 7) is 3.01. The van der Waals surface area contributed by atoms with Gasteiger partial charge in [-0.3, -0.25) is 9.69 Å². The number of urea groups is 1. The Morgan fingerprint density at radius 1 is 1.46 bits per heavy atom. The Morgan fingerprint density at radius 2 is 2.21 bits per heavy atom. The van der Waals surface area contributed by atoms with Crippen molar-refractivity contribution in [2.45, 2.75) is 38.4 Å². The van der Waals surface area contributed by atoms with Gasteiger partial charge in [0, 0.05) is 30.4 Å². The monoisotopic (exact) mass is 336 g/mol. The zero-order valence-electron chi connectivity index (χ0n) is 14.0. The number of nitrogens with zero attached hydrogens (tertiary/aromatic N) is 2. The van der Waals surface area contributed by atoms with E-state index in [4.69, 9.17) is 9.84 Å². The molecule has 1 aromatic heterocycles. The van der Waals surface area contributed by atoms with Crippen LogP contribution in [0.4, 0.5) is 4.79 Å². The molecule has 8 nitrogen and oxygen atoms in total. The first-order chi connectivity index (χ1) is 11.5. The highest BCUT2D eigenvalue weighted by molar-refractivity contribution is 5.74. The van der Waals surface area contributed by atoms with Crippen molar-refractivity contribution >= 4 is 12.0 Å². The third-order valence-electron chi connectivity index (χ3n) is 4.19. The van der Waals surface area contributed by atoms with E-state index < -0.39 is 5.97 Å². The van der Waals surface area contributed by atoms with Crippen LogP contribution >= 0.6 is 0 Å². The van der Waals surface area contributed by atoms with Crippen LogP contribution in [0.15, 0.2) is 18.3 Å². The number of aliphatic carboxylic acids is 1. The minimum Gasteiger partial charge on any atom is -0.481 e. The van der Waals surface area contributed by atoms with Crippen LogP contribution in [0.25, 0.3) is 0 Å². The first kappa shape index (κ1) is 18.0. The number of amides is 2. The molecule has 1 aliphatic rings. The summed E-state index contributed by atoms with van der Waals surface area (Å²) < 4.78 is 5.14. The molecule has 24 heavy (non-hydrogen) atoms. The van der Waals surface area contributed by atoms with Crippen molar-refractivity contribution in [1.29, 1.82) is 0 Å². The van der Waals surface area contributed by atoms with Crippen LogP contribution in [-0.2, 0) is 11.3 Å². The Hall–Kier alpha value is -2.35. The molecule has 2 amide bonds. The number of rotatable bonds is 8. The molecule has 0 bridgehead atoms. The van der Waals surface area contributed by atoms with Crippen LogP contribution in [-0.4, -0.2) is 59.3 Å². The van der Waals surface area contributed by atoms with Crippen LogP contribution in [0, 0.1) is 0 Å². The molecule has 0 aromatic carbocycles. The number of carboxylic acid groups (broad SMARTS) is 1. The van der Waals surface area contributed by atoms with Crippen molar-refractivity contribution in [3.05, 3.63) is 23.9 Å². The molecule has 0 saturated heterocycles. The van der Waals surface area contributed by atoms with E-state index in [2.05, 4.69) is 15.6 Å². The number of methoxy groups -OCH3 is 1. The largest absolute Gasteiger partial charge is 0.481 e. The number of carbonyl (C=O) groups excluding carboxylic acids is 1. The lowest BCUT2D eigenvalue weighted by Gasteiger charge is -2.42. The Balaban J connectivity index is 1.72. The number of carboxylic acids is 1. The van der Waals surface area contributed by atoms with Gasteiger partial charge in [-0.15, -0.1) is 0 Å². The van der Waals surface area contributed by atoms with Crippen LogP contribution in [0.3, 0.4) is 0 Å². The molecule has 1 aliphatic carbocycles. The Morgan fingerprint density at radius 3 is 2.83 bits per heavy atom. The Bertz CT molecular complexity index is 575. The minimum absolute atomic E-state index is 0.0425. The van der Waals surface area contributed by atoms with Gasteiger partial charge in [0.1, 0.15) is 0 Å². The standard InChI is InChI=1S/C16H24N4O4/c1-3-20(10-14(21)22)13-7-12(8-13)19-16(23)18-9-11-5-4-6-17-15(11)24-2/h4-6,12-13H,3,7-10H2,1-2H3,(H,21,22)(H2,18,19,23). The van der Waals surface area contributed by atoms with Crippen LogP contribution < -0.4 is 15.4 Å². The third kappa shape index (κ3) is 4.82. The maximum absolute atomic E-state index is 12.0. The highest BCUT2D eigenvalue weighted by Crippen LogP contribution is 2.25. The average molecular weight is 336 g/mol. The van der Waals surface area contributed by atoms with Crippen molar-refractivity contribution < 1.29 is 19.4 Å². The van der Waals surface area contributed by atoms with Gasteiger partial charge in [-0.1, -0.05) is 13.0 Å². The zero-order valence-corrected chi connectivity index (χ0v) is 14.0. The number of carbonyl (C=O) groups is 2. The number of nitrogens with one attached hydrogen (secondary N) is 2. The van der Waals surface area contributed by atoms with Gasteiger partial charge in [0.2, 0.25) is 5.88 Å². The van der Waals surface area contributed by atoms with Crippen molar-refractivity contribution in [3.8, 4) is 5.88 Å². The highest BCUT2D eigenvalue weighted by Gasteiger charge is 2.34. The van der Waals surface area contributed by atoms with Gasteiger partial charge >= 0.3 is 12.0 Å². The van der Waals surface area contributed by atoms with E-state index in [0.29, 0.717) is 19.0 Å². The summed E-state index contributed by atoms with van der Waals surface area (Å²) in [4.78, 5) is 28.8. The maximum atomic E-state index is 12.0. The predicted molar refractivity (Wildman–Crippen MR) is 87.9 cm³/mol. The van der Waals surface area contributed by atoms with Crippen molar-refractivity contribution in [2.24, 2.45) is 0 Å². The molecule has 3 N–H and O–H groups in total. The first-order valence-corrected chi connectivity index (χ1v) is 8.01. The quantitative estimate of drug-likeness (QED) is 0.649. The van der Waals surface area contributed by atoms with Gasteiger partial charge in [0.05, 0.1) is 13.7 Å². The summed E-state index contributed by atoms with van der Waals surface area (Å²) in [5.41, 5.74) is 0.806. The number of ether oxygens (including phenoxy) is 1. The summed E-state index contributed by atoms with van der Waals surface area (Å²) in [6, 6.07) is 3.68. The van der Waals surface area contributed by atoms with E-state index in [1.165, 1.54) is 7.11 Å². The van der Waals surface area contributed by atoms with Crippen molar-refractivity contribution in [1.82, 2.24) is 20.5 Å². The van der Waals surface area contributed by atoms with Crippen LogP contribution in [0.1, 0.15) is 25.3 Å². The molecule has 0 spiro atoms. The fraction of sp³-hybridized carbons (Fsp3) is 0.562. The number of likely N-dealkylation sites (N-methyl/N-ethyl adjacent to an activating group) is 1. The molecule has 8 heteroatoms. The summed E-state index contributed by atoms with van der Waals surface area (Å²) in [6.07, 6.45) is 3.17. The zero-order chi connectivity index (χ0) is 17.5. The highest BCUT2D eigenvalue weighted by atomic mass is 16.5. The van der Waals surface area contributed by atoms with E-state index >= 15 is 0 Å². The molecular weight excluding hydrogens is 312 g/mol. The van der Waals surface area contributed by atoms with Gasteiger partial charge in [-0.2, -0.15) is 0 Å². The molecule has 1 aromatic rings. The number of hydrogen-bond acceptors (Lipinski definition) is 5. The number of hydrogen-bond donors (Lipinski definition) is 3. The van der Waals surface area contributed by atoms with E-state index in [1.807, 2.05) is 17.9 Å². The van der Waals surface area contributed by atoms with Gasteiger partial charge in [-0.05, 0) is 25.5 Å². The maximum Gasteiger partial charge on any atom is 0.317 e. The molecule has 0 unspecified atom stereocenters. The average Bonchev–Trinajstić information content (AvgIpc) is 2.54. The smallest absolute Gasteiger partial charge is 0.317 e. The number of aromatic nitrogens is 1. The molecule has 2 rings (SSSR count).